The van der Waals surface area contributed by atoms with Crippen molar-refractivity contribution in [3.05, 3.63) is 6.42 Å². The van der Waals surface area contributed by atoms with Crippen LogP contribution in [0.5, 0.6) is 0 Å². The molecule has 0 saturated carbocycles. The molecule has 0 N–H and O–H groups in total. The number of rotatable bonds is 6. The Labute approximate surface area is 74.0 Å². The van der Waals surface area contributed by atoms with E-state index in [2.05, 4.69) is 13.3 Å². The molecule has 0 amide bonds. The second kappa shape index (κ2) is 8.87. The van der Waals surface area contributed by atoms with E-state index in [1.54, 1.807) is 4.18 Å². The Morgan fingerprint density at radius 2 is 1.89 bits per heavy atom. The number of unbranched alkanes of at least 4 members (excludes halogenated alkanes) is 5. The molecule has 0 rings (SSSR count). The van der Waals surface area contributed by atoms with Gasteiger partial charge in [0.2, 0.25) is 0 Å². The topological polar surface area (TPSA) is 0 Å². The Bertz CT molecular complexity index is 37.8. The average molecular weight is 229 g/mol. The first-order valence-corrected chi connectivity index (χ1v) is 8.27. The van der Waals surface area contributed by atoms with Gasteiger partial charge in [-0.1, -0.05) is 0 Å². The molecule has 0 nitrogen and oxygen atoms in total. The van der Waals surface area contributed by atoms with E-state index in [4.69, 9.17) is 0 Å². The Morgan fingerprint density at radius 1 is 1.22 bits per heavy atom. The molecule has 0 aromatic carbocycles. The van der Waals surface area contributed by atoms with Crippen LogP contribution in [0.4, 0.5) is 0 Å². The van der Waals surface area contributed by atoms with Crippen LogP contribution in [0.25, 0.3) is 0 Å². The molecule has 0 fully saturated rings. The molecule has 0 aliphatic heterocycles. The minimum atomic E-state index is 0.950. The summed E-state index contributed by atoms with van der Waals surface area (Å²) in [5, 5.41) is 0. The van der Waals surface area contributed by atoms with Crippen molar-refractivity contribution in [1.29, 1.82) is 0 Å². The van der Waals surface area contributed by atoms with E-state index in [1.165, 1.54) is 32.1 Å². The van der Waals surface area contributed by atoms with Crippen LogP contribution in [0.3, 0.4) is 0 Å². The summed E-state index contributed by atoms with van der Waals surface area (Å²) in [6.45, 7) is 2.25. The quantitative estimate of drug-likeness (QED) is 0.612. The first kappa shape index (κ1) is 9.87. The predicted octanol–water partition coefficient (Wildman–Crippen LogP) is 2.21. The molecule has 0 atom stereocenters. The molecule has 9 heavy (non-hydrogen) atoms. The molecule has 0 saturated heterocycles. The van der Waals surface area contributed by atoms with Crippen molar-refractivity contribution >= 4 is 24.4 Å². The van der Waals surface area contributed by atoms with Crippen LogP contribution < -0.4 is 0 Å². The molecule has 0 unspecified atom stereocenters. The molecule has 0 bridgehead atoms. The van der Waals surface area contributed by atoms with Gasteiger partial charge in [0.25, 0.3) is 0 Å². The fourth-order valence-electron chi connectivity index (χ4n) is 0.841. The molecular weight excluding hydrogens is 211 g/mol. The normalized spacial score (nSPS) is 9.89. The SMILES string of the molecule is CCCC[CH]CC[CH2][InH2]. The summed E-state index contributed by atoms with van der Waals surface area (Å²) in [6.07, 6.45) is 9.41. The molecule has 1 radical (unpaired) electrons. The molecule has 0 heterocycles. The van der Waals surface area contributed by atoms with Gasteiger partial charge in [-0.2, -0.15) is 0 Å². The van der Waals surface area contributed by atoms with Gasteiger partial charge in [0.1, 0.15) is 0 Å². The predicted molar refractivity (Wildman–Crippen MR) is 46.4 cm³/mol. The van der Waals surface area contributed by atoms with E-state index >= 15 is 0 Å². The molecule has 0 spiro atoms. The summed E-state index contributed by atoms with van der Waals surface area (Å²) in [7, 11) is 0. The first-order chi connectivity index (χ1) is 4.41. The van der Waals surface area contributed by atoms with Gasteiger partial charge in [0, 0.05) is 0 Å². The van der Waals surface area contributed by atoms with E-state index in [1.807, 2.05) is 0 Å². The van der Waals surface area contributed by atoms with Crippen molar-refractivity contribution < 1.29 is 0 Å². The van der Waals surface area contributed by atoms with Crippen molar-refractivity contribution in [2.24, 2.45) is 0 Å². The minimum absolute atomic E-state index is 0.950. The fraction of sp³-hybridized carbons (Fsp3) is 0.875. The second-order valence-corrected chi connectivity index (χ2v) is 5.43. The summed E-state index contributed by atoms with van der Waals surface area (Å²) in [5.74, 6) is 0. The van der Waals surface area contributed by atoms with Gasteiger partial charge in [-0.3, -0.25) is 0 Å². The molecule has 0 aromatic heterocycles. The fourth-order valence-corrected chi connectivity index (χ4v) is 2.01. The summed E-state index contributed by atoms with van der Waals surface area (Å²) in [5.41, 5.74) is 0. The summed E-state index contributed by atoms with van der Waals surface area (Å²) < 4.78 is 1.55. The van der Waals surface area contributed by atoms with Gasteiger partial charge in [-0.15, -0.1) is 0 Å². The van der Waals surface area contributed by atoms with E-state index in [-0.39, 0.29) is 0 Å². The van der Waals surface area contributed by atoms with Gasteiger partial charge in [0.05, 0.1) is 0 Å². The zero-order chi connectivity index (χ0) is 6.95. The van der Waals surface area contributed by atoms with Crippen molar-refractivity contribution in [2.75, 3.05) is 0 Å². The van der Waals surface area contributed by atoms with Crippen LogP contribution >= 0.6 is 0 Å². The summed E-state index contributed by atoms with van der Waals surface area (Å²) in [4.78, 5) is 0. The van der Waals surface area contributed by atoms with Crippen molar-refractivity contribution in [1.82, 2.24) is 0 Å². The zero-order valence-corrected chi connectivity index (χ0v) is 12.5. The van der Waals surface area contributed by atoms with Gasteiger partial charge < -0.3 is 0 Å². The van der Waals surface area contributed by atoms with Crippen LogP contribution in [0.15, 0.2) is 0 Å². The standard InChI is InChI=1S/C8H16.In.2H/c1-3-5-7-8-6-4-2;;;/h7H,1,3-6,8H2,2H3;;;. The van der Waals surface area contributed by atoms with Crippen LogP contribution in [0, 0.1) is 6.42 Å². The number of hydrogen-bond donors (Lipinski definition) is 0. The molecule has 0 aliphatic rings. The number of hydrogen-bond acceptors (Lipinski definition) is 0. The summed E-state index contributed by atoms with van der Waals surface area (Å²) in [6, 6.07) is 0. The molecule has 53 valence electrons. The average Bonchev–Trinajstić information content (AvgIpc) is 1.89. The third-order valence-corrected chi connectivity index (χ3v) is 3.54. The third kappa shape index (κ3) is 8.87. The van der Waals surface area contributed by atoms with Gasteiger partial charge in [-0.25, -0.2) is 0 Å². The molecule has 1 heteroatoms. The molecule has 0 aromatic rings. The third-order valence-electron chi connectivity index (χ3n) is 1.52. The van der Waals surface area contributed by atoms with Crippen LogP contribution in [0.1, 0.15) is 39.0 Å². The van der Waals surface area contributed by atoms with E-state index in [0.29, 0.717) is 0 Å². The maximum atomic E-state index is 2.46. The van der Waals surface area contributed by atoms with Gasteiger partial charge >= 0.3 is 74.0 Å². The van der Waals surface area contributed by atoms with Gasteiger partial charge in [-0.05, 0) is 0 Å². The first-order valence-electron chi connectivity index (χ1n) is 4.23. The van der Waals surface area contributed by atoms with E-state index < -0.39 is 0 Å². The molecule has 0 aliphatic carbocycles. The van der Waals surface area contributed by atoms with Gasteiger partial charge in [0.15, 0.2) is 0 Å². The van der Waals surface area contributed by atoms with Crippen LogP contribution in [-0.4, -0.2) is 24.4 Å². The zero-order valence-electron chi connectivity index (χ0n) is 6.82. The van der Waals surface area contributed by atoms with E-state index in [9.17, 15) is 0 Å². The van der Waals surface area contributed by atoms with Crippen molar-refractivity contribution in [2.45, 2.75) is 43.2 Å². The summed E-state index contributed by atoms with van der Waals surface area (Å²) >= 11 is 0.950. The Balaban J connectivity index is 2.60. The van der Waals surface area contributed by atoms with E-state index in [0.717, 1.165) is 24.4 Å². The second-order valence-electron chi connectivity index (χ2n) is 2.57. The van der Waals surface area contributed by atoms with Crippen LogP contribution in [-0.2, 0) is 0 Å². The van der Waals surface area contributed by atoms with Crippen molar-refractivity contribution in [3.8, 4) is 0 Å². The Kier molecular flexibility index (Phi) is 9.73. The maximum absolute atomic E-state index is 2.46. The Hall–Kier alpha value is 0.870. The van der Waals surface area contributed by atoms with Crippen molar-refractivity contribution in [3.63, 3.8) is 0 Å². The molecular formula is C8H18In. The monoisotopic (exact) mass is 229 g/mol. The Morgan fingerprint density at radius 3 is 2.44 bits per heavy atom. The van der Waals surface area contributed by atoms with Crippen LogP contribution in [0.2, 0.25) is 4.18 Å².